The third-order valence-corrected chi connectivity index (χ3v) is 4.02. The van der Waals surface area contributed by atoms with Crippen LogP contribution >= 0.6 is 0 Å². The molecule has 1 saturated heterocycles. The molecule has 0 aromatic heterocycles. The maximum atomic E-state index is 5.54. The molecule has 3 atom stereocenters. The molecule has 1 saturated carbocycles. The Hall–Kier alpha value is -0.0800. The number of ether oxygens (including phenoxy) is 1. The third-order valence-electron chi connectivity index (χ3n) is 4.02. The molecule has 0 aromatic rings. The van der Waals surface area contributed by atoms with E-state index in [2.05, 4.69) is 26.1 Å². The topological polar surface area (TPSA) is 21.3 Å². The molecule has 2 aliphatic rings. The monoisotopic (exact) mass is 225 g/mol. The summed E-state index contributed by atoms with van der Waals surface area (Å²) in [7, 11) is 0. The van der Waals surface area contributed by atoms with E-state index in [-0.39, 0.29) is 0 Å². The highest BCUT2D eigenvalue weighted by Gasteiger charge is 2.33. The first kappa shape index (κ1) is 12.4. The van der Waals surface area contributed by atoms with Gasteiger partial charge in [-0.05, 0) is 43.4 Å². The minimum absolute atomic E-state index is 0.519. The molecule has 16 heavy (non-hydrogen) atoms. The predicted molar refractivity (Wildman–Crippen MR) is 67.6 cm³/mol. The Balaban J connectivity index is 1.84. The third kappa shape index (κ3) is 3.46. The number of hydrogen-bond donors (Lipinski definition) is 1. The maximum Gasteiger partial charge on any atom is 0.0619 e. The average molecular weight is 225 g/mol. The Bertz CT molecular complexity index is 221. The first-order chi connectivity index (χ1) is 7.55. The van der Waals surface area contributed by atoms with Crippen molar-refractivity contribution in [1.82, 2.24) is 5.32 Å². The fourth-order valence-corrected chi connectivity index (χ4v) is 3.68. The van der Waals surface area contributed by atoms with Gasteiger partial charge in [-0.25, -0.2) is 0 Å². The number of nitrogens with one attached hydrogen (secondary N) is 1. The number of rotatable bonds is 2. The molecule has 1 aliphatic heterocycles. The van der Waals surface area contributed by atoms with Gasteiger partial charge in [-0.2, -0.15) is 0 Å². The molecule has 2 heteroatoms. The van der Waals surface area contributed by atoms with E-state index in [9.17, 15) is 0 Å². The van der Waals surface area contributed by atoms with Gasteiger partial charge in [0.2, 0.25) is 0 Å². The first-order valence-electron chi connectivity index (χ1n) is 6.89. The lowest BCUT2D eigenvalue weighted by atomic mass is 9.70. The van der Waals surface area contributed by atoms with E-state index >= 15 is 0 Å². The Morgan fingerprint density at radius 1 is 1.19 bits per heavy atom. The highest BCUT2D eigenvalue weighted by atomic mass is 16.5. The van der Waals surface area contributed by atoms with Gasteiger partial charge >= 0.3 is 0 Å². The summed E-state index contributed by atoms with van der Waals surface area (Å²) in [5, 5.41) is 3.82. The van der Waals surface area contributed by atoms with Crippen molar-refractivity contribution in [3.8, 4) is 0 Å². The fourth-order valence-electron chi connectivity index (χ4n) is 3.68. The summed E-state index contributed by atoms with van der Waals surface area (Å²) in [6, 6.07) is 1.32. The van der Waals surface area contributed by atoms with Crippen LogP contribution in [0.15, 0.2) is 0 Å². The van der Waals surface area contributed by atoms with E-state index in [4.69, 9.17) is 4.74 Å². The van der Waals surface area contributed by atoms with E-state index in [1.165, 1.54) is 32.1 Å². The summed E-state index contributed by atoms with van der Waals surface area (Å²) in [5.74, 6) is 0.866. The van der Waals surface area contributed by atoms with Crippen LogP contribution in [0, 0.1) is 11.3 Å². The lowest BCUT2D eigenvalue weighted by Crippen LogP contribution is -2.47. The van der Waals surface area contributed by atoms with E-state index < -0.39 is 0 Å². The van der Waals surface area contributed by atoms with Gasteiger partial charge in [-0.1, -0.05) is 20.8 Å². The molecule has 3 unspecified atom stereocenters. The summed E-state index contributed by atoms with van der Waals surface area (Å²) in [4.78, 5) is 0. The van der Waals surface area contributed by atoms with E-state index in [1.807, 2.05) is 0 Å². The first-order valence-corrected chi connectivity index (χ1v) is 6.89. The lowest BCUT2D eigenvalue weighted by molar-refractivity contribution is 0.0550. The molecule has 0 spiro atoms. The molecule has 1 heterocycles. The van der Waals surface area contributed by atoms with Crippen LogP contribution in [-0.2, 0) is 4.74 Å². The minimum atomic E-state index is 0.519. The molecule has 2 rings (SSSR count). The summed E-state index contributed by atoms with van der Waals surface area (Å²) < 4.78 is 5.54. The summed E-state index contributed by atoms with van der Waals surface area (Å²) in [5.41, 5.74) is 0.519. The summed E-state index contributed by atoms with van der Waals surface area (Å²) >= 11 is 0. The van der Waals surface area contributed by atoms with Crippen molar-refractivity contribution in [1.29, 1.82) is 0 Å². The van der Waals surface area contributed by atoms with Crippen LogP contribution in [0.2, 0.25) is 0 Å². The van der Waals surface area contributed by atoms with Crippen molar-refractivity contribution in [3.05, 3.63) is 0 Å². The van der Waals surface area contributed by atoms with Crippen LogP contribution in [0.4, 0.5) is 0 Å². The van der Waals surface area contributed by atoms with Gasteiger partial charge in [0, 0.05) is 18.7 Å². The van der Waals surface area contributed by atoms with Gasteiger partial charge in [0.05, 0.1) is 6.61 Å². The Morgan fingerprint density at radius 3 is 2.62 bits per heavy atom. The minimum Gasteiger partial charge on any atom is -0.380 e. The maximum absolute atomic E-state index is 5.54. The highest BCUT2D eigenvalue weighted by molar-refractivity contribution is 4.88. The van der Waals surface area contributed by atoms with E-state index in [0.717, 1.165) is 19.1 Å². The second-order valence-electron chi connectivity index (χ2n) is 6.69. The zero-order chi connectivity index (χ0) is 11.6. The largest absolute Gasteiger partial charge is 0.380 e. The zero-order valence-electron chi connectivity index (χ0n) is 11.1. The van der Waals surface area contributed by atoms with E-state index in [1.54, 1.807) is 0 Å². The Labute approximate surface area is 100 Å². The second-order valence-corrected chi connectivity index (χ2v) is 6.69. The van der Waals surface area contributed by atoms with Crippen molar-refractivity contribution in [2.24, 2.45) is 11.3 Å². The Morgan fingerprint density at radius 2 is 2.00 bits per heavy atom. The van der Waals surface area contributed by atoms with E-state index in [0.29, 0.717) is 17.5 Å². The smallest absolute Gasteiger partial charge is 0.0619 e. The molecule has 1 aliphatic carbocycles. The molecule has 0 amide bonds. The molecule has 0 radical (unpaired) electrons. The lowest BCUT2D eigenvalue weighted by Gasteiger charge is -2.41. The second kappa shape index (κ2) is 5.05. The molecule has 0 bridgehead atoms. The summed E-state index contributed by atoms with van der Waals surface area (Å²) in [6.07, 6.45) is 6.58. The molecule has 2 nitrogen and oxygen atoms in total. The normalized spacial score (nSPS) is 39.6. The summed E-state index contributed by atoms with van der Waals surface area (Å²) in [6.45, 7) is 9.10. The molecule has 0 aromatic carbocycles. The average Bonchev–Trinajstić information content (AvgIpc) is 2.15. The van der Waals surface area contributed by atoms with Crippen LogP contribution in [0.1, 0.15) is 52.9 Å². The standard InChI is InChI=1S/C14H27NO/c1-11-7-13(9-14(2,3)8-11)15-12-5-4-6-16-10-12/h11-13,15H,4-10H2,1-3H3. The molecular formula is C14H27NO. The van der Waals surface area contributed by atoms with Crippen molar-refractivity contribution in [2.45, 2.75) is 65.0 Å². The van der Waals surface area contributed by atoms with Crippen molar-refractivity contribution in [3.63, 3.8) is 0 Å². The van der Waals surface area contributed by atoms with Crippen LogP contribution < -0.4 is 5.32 Å². The van der Waals surface area contributed by atoms with Crippen LogP contribution in [-0.4, -0.2) is 25.3 Å². The van der Waals surface area contributed by atoms with Crippen molar-refractivity contribution in [2.75, 3.05) is 13.2 Å². The van der Waals surface area contributed by atoms with Gasteiger partial charge in [0.15, 0.2) is 0 Å². The Kier molecular flexibility index (Phi) is 3.91. The SMILES string of the molecule is CC1CC(NC2CCCOC2)CC(C)(C)C1. The van der Waals surface area contributed by atoms with Crippen LogP contribution in [0.3, 0.4) is 0 Å². The van der Waals surface area contributed by atoms with Gasteiger partial charge in [-0.3, -0.25) is 0 Å². The van der Waals surface area contributed by atoms with Crippen molar-refractivity contribution >= 4 is 0 Å². The fraction of sp³-hybridized carbons (Fsp3) is 1.00. The zero-order valence-corrected chi connectivity index (χ0v) is 11.1. The van der Waals surface area contributed by atoms with Crippen molar-refractivity contribution < 1.29 is 4.74 Å². The highest BCUT2D eigenvalue weighted by Crippen LogP contribution is 2.38. The van der Waals surface area contributed by atoms with Gasteiger partial charge in [0.1, 0.15) is 0 Å². The molecule has 1 N–H and O–H groups in total. The molecular weight excluding hydrogens is 198 g/mol. The van der Waals surface area contributed by atoms with Crippen LogP contribution in [0.5, 0.6) is 0 Å². The number of hydrogen-bond acceptors (Lipinski definition) is 2. The molecule has 2 fully saturated rings. The quantitative estimate of drug-likeness (QED) is 0.780. The predicted octanol–water partition coefficient (Wildman–Crippen LogP) is 2.97. The van der Waals surface area contributed by atoms with Gasteiger partial charge < -0.3 is 10.1 Å². The van der Waals surface area contributed by atoms with Crippen LogP contribution in [0.25, 0.3) is 0 Å². The molecule has 94 valence electrons. The van der Waals surface area contributed by atoms with Gasteiger partial charge in [-0.15, -0.1) is 0 Å². The van der Waals surface area contributed by atoms with Gasteiger partial charge in [0.25, 0.3) is 0 Å².